The zero-order chi connectivity index (χ0) is 16.1. The number of carboxylic acid groups (broad SMARTS) is 1. The number of amides is 1. The Morgan fingerprint density at radius 1 is 1.59 bits per heavy atom. The summed E-state index contributed by atoms with van der Waals surface area (Å²) in [6, 6.07) is 5.39. The van der Waals surface area contributed by atoms with Crippen molar-refractivity contribution in [1.82, 2.24) is 5.32 Å². The van der Waals surface area contributed by atoms with E-state index in [1.165, 1.54) is 6.21 Å². The van der Waals surface area contributed by atoms with Crippen molar-refractivity contribution in [3.63, 3.8) is 0 Å². The van der Waals surface area contributed by atoms with Crippen LogP contribution in [-0.4, -0.2) is 40.7 Å². The molecular formula is C13H12BrN3O4S. The molecule has 0 spiro atoms. The van der Waals surface area contributed by atoms with Gasteiger partial charge in [-0.25, -0.2) is 0 Å². The molecule has 1 amide bonds. The van der Waals surface area contributed by atoms with Gasteiger partial charge in [0.2, 0.25) is 5.91 Å². The van der Waals surface area contributed by atoms with Crippen LogP contribution in [0.15, 0.2) is 32.9 Å². The number of amidine groups is 1. The van der Waals surface area contributed by atoms with E-state index in [0.717, 1.165) is 21.8 Å². The second-order valence-corrected chi connectivity index (χ2v) is 6.28. The van der Waals surface area contributed by atoms with Crippen molar-refractivity contribution in [1.29, 1.82) is 0 Å². The van der Waals surface area contributed by atoms with E-state index in [0.29, 0.717) is 5.75 Å². The van der Waals surface area contributed by atoms with Gasteiger partial charge in [-0.2, -0.15) is 5.10 Å². The van der Waals surface area contributed by atoms with Gasteiger partial charge in [0.1, 0.15) is 11.0 Å². The van der Waals surface area contributed by atoms with Crippen molar-refractivity contribution in [3.05, 3.63) is 28.2 Å². The molecule has 1 aromatic rings. The first kappa shape index (κ1) is 16.5. The molecule has 0 aromatic heterocycles. The fourth-order valence-corrected chi connectivity index (χ4v) is 3.00. The topological polar surface area (TPSA) is 100 Å². The largest absolute Gasteiger partial charge is 0.497 e. The quantitative estimate of drug-likeness (QED) is 0.594. The molecule has 1 unspecified atom stereocenters. The third kappa shape index (κ3) is 4.31. The van der Waals surface area contributed by atoms with Crippen LogP contribution in [0.3, 0.4) is 0 Å². The van der Waals surface area contributed by atoms with E-state index in [9.17, 15) is 9.59 Å². The van der Waals surface area contributed by atoms with Crippen LogP contribution in [0.1, 0.15) is 12.0 Å². The van der Waals surface area contributed by atoms with Crippen LogP contribution in [0.4, 0.5) is 0 Å². The second-order valence-electron chi connectivity index (χ2n) is 4.23. The number of carbonyl (C=O) groups excluding carboxylic acids is 1. The fraction of sp³-hybridized carbons (Fsp3) is 0.231. The first-order chi connectivity index (χ1) is 10.5. The lowest BCUT2D eigenvalue weighted by atomic mass is 10.2. The molecule has 1 aliphatic heterocycles. The summed E-state index contributed by atoms with van der Waals surface area (Å²) >= 11 is 4.44. The van der Waals surface area contributed by atoms with Crippen molar-refractivity contribution in [3.8, 4) is 5.75 Å². The molecule has 0 radical (unpaired) electrons. The molecule has 1 saturated heterocycles. The van der Waals surface area contributed by atoms with Crippen LogP contribution >= 0.6 is 27.7 Å². The standard InChI is InChI=1S/C13H12BrN3O4S/c1-21-8-3-2-7(9(14)4-8)6-15-17-13-16-12(20)10(22-13)5-11(18)19/h2-4,6,10H,5H2,1H3,(H,18,19)(H,16,17,20). The summed E-state index contributed by atoms with van der Waals surface area (Å²) in [5, 5.41) is 18.6. The molecule has 1 aliphatic rings. The van der Waals surface area contributed by atoms with E-state index in [1.807, 2.05) is 0 Å². The Bertz CT molecular complexity index is 663. The maximum atomic E-state index is 11.5. The van der Waals surface area contributed by atoms with Crippen molar-refractivity contribution >= 4 is 51.0 Å². The predicted octanol–water partition coefficient (Wildman–Crippen LogP) is 1.85. The van der Waals surface area contributed by atoms with Crippen LogP contribution in [0.5, 0.6) is 5.75 Å². The van der Waals surface area contributed by atoms with Crippen molar-refractivity contribution in [2.45, 2.75) is 11.7 Å². The third-order valence-corrected chi connectivity index (χ3v) is 4.45. The lowest BCUT2D eigenvalue weighted by molar-refractivity contribution is -0.138. The van der Waals surface area contributed by atoms with Crippen molar-refractivity contribution in [2.24, 2.45) is 10.2 Å². The van der Waals surface area contributed by atoms with Crippen LogP contribution in [0.2, 0.25) is 0 Å². The Kier molecular flexibility index (Phi) is 5.56. The summed E-state index contributed by atoms with van der Waals surface area (Å²) in [5.74, 6) is -0.683. The normalized spacial score (nSPS) is 19.6. The average Bonchev–Trinajstić information content (AvgIpc) is 2.80. The number of hydrogen-bond donors (Lipinski definition) is 2. The van der Waals surface area contributed by atoms with Crippen LogP contribution < -0.4 is 10.1 Å². The highest BCUT2D eigenvalue weighted by Gasteiger charge is 2.32. The maximum Gasteiger partial charge on any atom is 0.305 e. The minimum Gasteiger partial charge on any atom is -0.497 e. The van der Waals surface area contributed by atoms with E-state index in [4.69, 9.17) is 9.84 Å². The number of thioether (sulfide) groups is 1. The molecule has 7 nitrogen and oxygen atoms in total. The summed E-state index contributed by atoms with van der Waals surface area (Å²) in [4.78, 5) is 22.1. The fourth-order valence-electron chi connectivity index (χ4n) is 1.63. The van der Waals surface area contributed by atoms with Gasteiger partial charge in [-0.3, -0.25) is 9.59 Å². The number of benzene rings is 1. The van der Waals surface area contributed by atoms with Gasteiger partial charge in [0.25, 0.3) is 0 Å². The number of aliphatic carboxylic acids is 1. The zero-order valence-corrected chi connectivity index (χ0v) is 13.8. The first-order valence-corrected chi connectivity index (χ1v) is 7.80. The first-order valence-electron chi connectivity index (χ1n) is 6.13. The van der Waals surface area contributed by atoms with Gasteiger partial charge in [0.05, 0.1) is 19.7 Å². The van der Waals surface area contributed by atoms with Crippen LogP contribution in [0.25, 0.3) is 0 Å². The van der Waals surface area contributed by atoms with Gasteiger partial charge >= 0.3 is 5.97 Å². The lowest BCUT2D eigenvalue weighted by Gasteiger charge is -2.01. The molecule has 22 heavy (non-hydrogen) atoms. The second kappa shape index (κ2) is 7.41. The Labute approximate surface area is 139 Å². The summed E-state index contributed by atoms with van der Waals surface area (Å²) in [6.07, 6.45) is 1.27. The van der Waals surface area contributed by atoms with Crippen molar-refractivity contribution < 1.29 is 19.4 Å². The molecule has 2 N–H and O–H groups in total. The summed E-state index contributed by atoms with van der Waals surface area (Å²) in [7, 11) is 1.58. The van der Waals surface area contributed by atoms with Gasteiger partial charge in [-0.15, -0.1) is 5.10 Å². The zero-order valence-electron chi connectivity index (χ0n) is 11.4. The molecule has 1 heterocycles. The highest BCUT2D eigenvalue weighted by Crippen LogP contribution is 2.23. The van der Waals surface area contributed by atoms with Crippen LogP contribution in [-0.2, 0) is 9.59 Å². The Morgan fingerprint density at radius 3 is 3.00 bits per heavy atom. The smallest absolute Gasteiger partial charge is 0.305 e. The Morgan fingerprint density at radius 2 is 2.36 bits per heavy atom. The van der Waals surface area contributed by atoms with Gasteiger partial charge < -0.3 is 15.2 Å². The third-order valence-electron chi connectivity index (χ3n) is 2.69. The molecule has 0 aliphatic carbocycles. The monoisotopic (exact) mass is 385 g/mol. The summed E-state index contributed by atoms with van der Waals surface area (Å²) in [5.41, 5.74) is 0.793. The number of carbonyl (C=O) groups is 2. The molecule has 0 bridgehead atoms. The van der Waals surface area contributed by atoms with E-state index < -0.39 is 11.2 Å². The minimum atomic E-state index is -1.03. The number of nitrogens with zero attached hydrogens (tertiary/aromatic N) is 2. The highest BCUT2D eigenvalue weighted by molar-refractivity contribution is 9.10. The number of nitrogens with one attached hydrogen (secondary N) is 1. The van der Waals surface area contributed by atoms with Gasteiger partial charge in [-0.1, -0.05) is 11.8 Å². The molecule has 1 atom stereocenters. The SMILES string of the molecule is COc1ccc(C=NN=C2NC(=O)C(CC(=O)O)S2)c(Br)c1. The predicted molar refractivity (Wildman–Crippen MR) is 87.5 cm³/mol. The molecule has 0 saturated carbocycles. The van der Waals surface area contributed by atoms with E-state index in [2.05, 4.69) is 31.4 Å². The van der Waals surface area contributed by atoms with E-state index in [-0.39, 0.29) is 17.5 Å². The number of methoxy groups -OCH3 is 1. The number of hydrogen-bond acceptors (Lipinski definition) is 6. The van der Waals surface area contributed by atoms with E-state index in [1.54, 1.807) is 25.3 Å². The number of carboxylic acids is 1. The highest BCUT2D eigenvalue weighted by atomic mass is 79.9. The van der Waals surface area contributed by atoms with Gasteiger partial charge in [-0.05, 0) is 34.1 Å². The number of rotatable bonds is 5. The number of halogens is 1. The van der Waals surface area contributed by atoms with Crippen molar-refractivity contribution in [2.75, 3.05) is 7.11 Å². The molecule has 116 valence electrons. The van der Waals surface area contributed by atoms with Crippen LogP contribution in [0, 0.1) is 0 Å². The van der Waals surface area contributed by atoms with Gasteiger partial charge in [0.15, 0.2) is 5.17 Å². The molecular weight excluding hydrogens is 374 g/mol. The van der Waals surface area contributed by atoms with E-state index >= 15 is 0 Å². The minimum absolute atomic E-state index is 0.247. The maximum absolute atomic E-state index is 11.5. The average molecular weight is 386 g/mol. The molecule has 1 aromatic carbocycles. The molecule has 9 heteroatoms. The van der Waals surface area contributed by atoms with Gasteiger partial charge in [0, 0.05) is 10.0 Å². The molecule has 2 rings (SSSR count). The summed E-state index contributed by atoms with van der Waals surface area (Å²) in [6.45, 7) is 0. The molecule has 1 fully saturated rings. The lowest BCUT2D eigenvalue weighted by Crippen LogP contribution is -2.26. The summed E-state index contributed by atoms with van der Waals surface area (Å²) < 4.78 is 5.88. The Hall–Kier alpha value is -1.87. The Balaban J connectivity index is 2.03. The number of ether oxygens (including phenoxy) is 1.